The molecule has 0 amide bonds. The van der Waals surface area contributed by atoms with Gasteiger partial charge in [-0.3, -0.25) is 0 Å². The van der Waals surface area contributed by atoms with Crippen molar-refractivity contribution in [1.29, 1.82) is 0 Å². The van der Waals surface area contributed by atoms with Gasteiger partial charge in [0, 0.05) is 10.0 Å². The van der Waals surface area contributed by atoms with Crippen molar-refractivity contribution in [3.05, 3.63) is 33.8 Å². The minimum absolute atomic E-state index is 0.0382. The number of hydrogen-bond acceptors (Lipinski definition) is 2. The van der Waals surface area contributed by atoms with Crippen LogP contribution >= 0.6 is 27.7 Å². The van der Waals surface area contributed by atoms with Crippen LogP contribution in [-0.4, -0.2) is 11.5 Å². The predicted molar refractivity (Wildman–Crippen MR) is 83.2 cm³/mol. The standard InChI is InChI=1S/C15H20BrNS/c16-14-10-12(15(17)6-1-7-15)2-3-13(14)11-4-8-18-9-5-11/h2-3,10-11H,1,4-9,17H2. The molecule has 0 atom stereocenters. The van der Waals surface area contributed by atoms with E-state index < -0.39 is 0 Å². The monoisotopic (exact) mass is 325 g/mol. The van der Waals surface area contributed by atoms with Crippen LogP contribution < -0.4 is 5.73 Å². The molecule has 0 spiro atoms. The minimum Gasteiger partial charge on any atom is -0.321 e. The SMILES string of the molecule is NC1(c2ccc(C3CCSCC3)c(Br)c2)CCC1. The molecule has 98 valence electrons. The van der Waals surface area contributed by atoms with Crippen molar-refractivity contribution in [3.8, 4) is 0 Å². The van der Waals surface area contributed by atoms with Gasteiger partial charge in [0.15, 0.2) is 0 Å². The van der Waals surface area contributed by atoms with Crippen molar-refractivity contribution >= 4 is 27.7 Å². The molecule has 18 heavy (non-hydrogen) atoms. The minimum atomic E-state index is -0.0382. The van der Waals surface area contributed by atoms with Crippen molar-refractivity contribution in [2.24, 2.45) is 5.73 Å². The van der Waals surface area contributed by atoms with E-state index in [-0.39, 0.29) is 5.54 Å². The highest BCUT2D eigenvalue weighted by atomic mass is 79.9. The summed E-state index contributed by atoms with van der Waals surface area (Å²) < 4.78 is 1.27. The van der Waals surface area contributed by atoms with Crippen LogP contribution in [0.15, 0.2) is 22.7 Å². The van der Waals surface area contributed by atoms with E-state index in [9.17, 15) is 0 Å². The van der Waals surface area contributed by atoms with E-state index in [1.165, 1.54) is 46.4 Å². The number of rotatable bonds is 2. The van der Waals surface area contributed by atoms with Crippen LogP contribution in [0.2, 0.25) is 0 Å². The first-order chi connectivity index (χ1) is 8.69. The summed E-state index contributed by atoms with van der Waals surface area (Å²) in [6.45, 7) is 0. The number of halogens is 1. The van der Waals surface area contributed by atoms with Crippen LogP contribution in [0.4, 0.5) is 0 Å². The molecule has 0 radical (unpaired) electrons. The zero-order chi connectivity index (χ0) is 12.6. The Kier molecular flexibility index (Phi) is 3.75. The molecule has 0 aromatic heterocycles. The summed E-state index contributed by atoms with van der Waals surface area (Å²) in [5.74, 6) is 3.35. The van der Waals surface area contributed by atoms with Gasteiger partial charge in [-0.1, -0.05) is 28.1 Å². The van der Waals surface area contributed by atoms with E-state index in [4.69, 9.17) is 5.73 Å². The largest absolute Gasteiger partial charge is 0.321 e. The molecule has 1 heterocycles. The van der Waals surface area contributed by atoms with Gasteiger partial charge in [0.2, 0.25) is 0 Å². The Hall–Kier alpha value is 0.01000. The van der Waals surface area contributed by atoms with Gasteiger partial charge < -0.3 is 5.73 Å². The highest BCUT2D eigenvalue weighted by molar-refractivity contribution is 9.10. The normalized spacial score (nSPS) is 23.7. The van der Waals surface area contributed by atoms with E-state index in [2.05, 4.69) is 45.9 Å². The molecular weight excluding hydrogens is 306 g/mol. The maximum atomic E-state index is 6.40. The second kappa shape index (κ2) is 5.18. The van der Waals surface area contributed by atoms with Crippen molar-refractivity contribution in [2.45, 2.75) is 43.6 Å². The second-order valence-corrected chi connectivity index (χ2v) is 7.71. The topological polar surface area (TPSA) is 26.0 Å². The van der Waals surface area contributed by atoms with E-state index in [1.807, 2.05) is 0 Å². The van der Waals surface area contributed by atoms with Crippen LogP contribution in [0.5, 0.6) is 0 Å². The Bertz CT molecular complexity index is 436. The Morgan fingerprint density at radius 1 is 1.22 bits per heavy atom. The number of benzene rings is 1. The molecule has 1 nitrogen and oxygen atoms in total. The molecular formula is C15H20BrNS. The smallest absolute Gasteiger partial charge is 0.0410 e. The molecule has 1 saturated carbocycles. The van der Waals surface area contributed by atoms with Crippen LogP contribution in [0.25, 0.3) is 0 Å². The summed E-state index contributed by atoms with van der Waals surface area (Å²) >= 11 is 5.85. The molecule has 2 N–H and O–H groups in total. The fraction of sp³-hybridized carbons (Fsp3) is 0.600. The molecule has 1 aliphatic carbocycles. The summed E-state index contributed by atoms with van der Waals surface area (Å²) in [4.78, 5) is 0. The average molecular weight is 326 g/mol. The molecule has 1 aliphatic heterocycles. The number of hydrogen-bond donors (Lipinski definition) is 1. The summed E-state index contributed by atoms with van der Waals surface area (Å²) in [6, 6.07) is 6.85. The van der Waals surface area contributed by atoms with Gasteiger partial charge in [0.05, 0.1) is 0 Å². The average Bonchev–Trinajstić information content (AvgIpc) is 2.37. The van der Waals surface area contributed by atoms with Crippen molar-refractivity contribution in [2.75, 3.05) is 11.5 Å². The van der Waals surface area contributed by atoms with Gasteiger partial charge >= 0.3 is 0 Å². The molecule has 1 aromatic rings. The first-order valence-corrected chi connectivity index (χ1v) is 8.80. The molecule has 2 aliphatic rings. The van der Waals surface area contributed by atoms with Crippen molar-refractivity contribution in [1.82, 2.24) is 0 Å². The Morgan fingerprint density at radius 3 is 2.50 bits per heavy atom. The quantitative estimate of drug-likeness (QED) is 0.872. The van der Waals surface area contributed by atoms with Crippen LogP contribution in [0.1, 0.15) is 49.1 Å². The summed E-state index contributed by atoms with van der Waals surface area (Å²) in [5.41, 5.74) is 9.16. The lowest BCUT2D eigenvalue weighted by molar-refractivity contribution is 0.253. The Balaban J connectivity index is 1.84. The number of thioether (sulfide) groups is 1. The van der Waals surface area contributed by atoms with Crippen LogP contribution in [0, 0.1) is 0 Å². The highest BCUT2D eigenvalue weighted by Crippen LogP contribution is 2.42. The fourth-order valence-electron chi connectivity index (χ4n) is 3.02. The van der Waals surface area contributed by atoms with Crippen molar-refractivity contribution < 1.29 is 0 Å². The molecule has 0 bridgehead atoms. The molecule has 3 rings (SSSR count). The third-order valence-electron chi connectivity index (χ3n) is 4.48. The lowest BCUT2D eigenvalue weighted by Gasteiger charge is -2.39. The fourth-order valence-corrected chi connectivity index (χ4v) is 4.83. The first-order valence-electron chi connectivity index (χ1n) is 6.86. The Labute approximate surface area is 122 Å². The van der Waals surface area contributed by atoms with Gasteiger partial charge in [-0.25, -0.2) is 0 Å². The highest BCUT2D eigenvalue weighted by Gasteiger charge is 2.34. The van der Waals surface area contributed by atoms with Gasteiger partial charge in [-0.05, 0) is 66.7 Å². The van der Waals surface area contributed by atoms with Crippen LogP contribution in [0.3, 0.4) is 0 Å². The van der Waals surface area contributed by atoms with Gasteiger partial charge in [0.1, 0.15) is 0 Å². The Morgan fingerprint density at radius 2 is 1.94 bits per heavy atom. The third-order valence-corrected chi connectivity index (χ3v) is 6.22. The summed E-state index contributed by atoms with van der Waals surface area (Å²) in [5, 5.41) is 0. The van der Waals surface area contributed by atoms with E-state index in [0.29, 0.717) is 0 Å². The van der Waals surface area contributed by atoms with Gasteiger partial charge in [-0.15, -0.1) is 0 Å². The molecule has 1 aromatic carbocycles. The summed E-state index contributed by atoms with van der Waals surface area (Å²) in [7, 11) is 0. The lowest BCUT2D eigenvalue weighted by Crippen LogP contribution is -2.43. The molecule has 1 saturated heterocycles. The molecule has 2 fully saturated rings. The number of nitrogens with two attached hydrogens (primary N) is 1. The van der Waals surface area contributed by atoms with E-state index in [1.54, 1.807) is 0 Å². The molecule has 0 unspecified atom stereocenters. The second-order valence-electron chi connectivity index (χ2n) is 5.63. The van der Waals surface area contributed by atoms with E-state index >= 15 is 0 Å². The maximum Gasteiger partial charge on any atom is 0.0410 e. The predicted octanol–water partition coefficient (Wildman–Crippen LogP) is 4.40. The lowest BCUT2D eigenvalue weighted by atomic mass is 9.72. The zero-order valence-electron chi connectivity index (χ0n) is 10.6. The van der Waals surface area contributed by atoms with Gasteiger partial charge in [-0.2, -0.15) is 11.8 Å². The first kappa shape index (κ1) is 13.0. The van der Waals surface area contributed by atoms with Crippen molar-refractivity contribution in [3.63, 3.8) is 0 Å². The van der Waals surface area contributed by atoms with Crippen LogP contribution in [-0.2, 0) is 5.54 Å². The maximum absolute atomic E-state index is 6.40. The third kappa shape index (κ3) is 2.37. The zero-order valence-corrected chi connectivity index (χ0v) is 13.0. The van der Waals surface area contributed by atoms with E-state index in [0.717, 1.165) is 18.8 Å². The molecule has 3 heteroatoms. The summed E-state index contributed by atoms with van der Waals surface area (Å²) in [6.07, 6.45) is 6.18. The van der Waals surface area contributed by atoms with Gasteiger partial charge in [0.25, 0.3) is 0 Å².